The average molecular weight is 422 g/mol. The Morgan fingerprint density at radius 3 is 2.79 bits per heavy atom. The van der Waals surface area contributed by atoms with Crippen molar-refractivity contribution in [3.8, 4) is 0 Å². The quantitative estimate of drug-likeness (QED) is 0.653. The van der Waals surface area contributed by atoms with Crippen molar-refractivity contribution in [2.24, 2.45) is 0 Å². The molecule has 4 rings (SSSR count). The number of nitrogens with zero attached hydrogens (tertiary/aromatic N) is 4. The summed E-state index contributed by atoms with van der Waals surface area (Å²) in [6.45, 7) is 0.946. The Balaban J connectivity index is 1.48. The predicted octanol–water partition coefficient (Wildman–Crippen LogP) is 3.40. The molecule has 1 saturated heterocycles. The summed E-state index contributed by atoms with van der Waals surface area (Å²) in [5.41, 5.74) is -0.899. The zero-order valence-electron chi connectivity index (χ0n) is 15.1. The van der Waals surface area contributed by atoms with Gasteiger partial charge in [-0.15, -0.1) is 0 Å². The number of piperidine rings is 1. The van der Waals surface area contributed by atoms with E-state index >= 15 is 0 Å². The Kier molecular flexibility index (Phi) is 5.13. The molecule has 1 fully saturated rings. The van der Waals surface area contributed by atoms with E-state index in [1.54, 1.807) is 23.1 Å². The van der Waals surface area contributed by atoms with E-state index in [1.165, 1.54) is 18.3 Å². The molecule has 29 heavy (non-hydrogen) atoms. The van der Waals surface area contributed by atoms with Gasteiger partial charge >= 0.3 is 6.18 Å². The third-order valence-electron chi connectivity index (χ3n) is 4.85. The summed E-state index contributed by atoms with van der Waals surface area (Å²) in [5.74, 6) is -0.508. The molecule has 0 radical (unpaired) electrons. The van der Waals surface area contributed by atoms with Crippen molar-refractivity contribution >= 4 is 22.3 Å². The van der Waals surface area contributed by atoms with Crippen molar-refractivity contribution in [2.75, 3.05) is 18.0 Å². The molecule has 0 amide bonds. The number of hydrogen-bond acceptors (Lipinski definition) is 6. The van der Waals surface area contributed by atoms with Crippen LogP contribution in [0, 0.1) is 0 Å². The summed E-state index contributed by atoms with van der Waals surface area (Å²) >= 11 is 1.11. The van der Waals surface area contributed by atoms with E-state index in [0.29, 0.717) is 24.6 Å². The van der Waals surface area contributed by atoms with Crippen molar-refractivity contribution in [3.05, 3.63) is 64.9 Å². The highest BCUT2D eigenvalue weighted by Gasteiger charge is 2.32. The number of aliphatic hydroxyl groups excluding tert-OH is 1. The van der Waals surface area contributed by atoms with Crippen LogP contribution in [0.4, 0.5) is 18.3 Å². The second-order valence-corrected chi connectivity index (χ2v) is 7.78. The van der Waals surface area contributed by atoms with Crippen LogP contribution in [-0.4, -0.2) is 44.8 Å². The Bertz CT molecular complexity index is 1000. The fourth-order valence-corrected chi connectivity index (χ4v) is 4.29. The molecule has 2 unspecified atom stereocenters. The average Bonchev–Trinajstić information content (AvgIpc) is 3.39. The molecule has 0 spiro atoms. The molecule has 3 heterocycles. The summed E-state index contributed by atoms with van der Waals surface area (Å²) < 4.78 is 40.4. The number of anilines is 1. The number of β-amino-alcohol motifs (C(OH)–C–C–N with tert-alkyl or cyclic N) is 1. The van der Waals surface area contributed by atoms with Crippen LogP contribution in [0.3, 0.4) is 0 Å². The third kappa shape index (κ3) is 4.03. The van der Waals surface area contributed by atoms with Gasteiger partial charge in [-0.3, -0.25) is 9.48 Å². The molecule has 1 N–H and O–H groups in total. The molecule has 0 aliphatic carbocycles. The topological polar surface area (TPSA) is 71.2 Å². The highest BCUT2D eigenvalue weighted by molar-refractivity contribution is 7.17. The number of aliphatic hydroxyl groups is 1. The zero-order valence-corrected chi connectivity index (χ0v) is 15.9. The van der Waals surface area contributed by atoms with Gasteiger partial charge in [0, 0.05) is 31.0 Å². The molecule has 1 aliphatic rings. The first kappa shape index (κ1) is 19.6. The molecule has 0 bridgehead atoms. The number of alkyl halides is 3. The number of ketones is 1. The highest BCUT2D eigenvalue weighted by atomic mass is 32.1. The van der Waals surface area contributed by atoms with E-state index in [1.807, 2.05) is 4.90 Å². The van der Waals surface area contributed by atoms with Crippen LogP contribution < -0.4 is 4.90 Å². The first-order valence-electron chi connectivity index (χ1n) is 8.93. The lowest BCUT2D eigenvalue weighted by molar-refractivity contribution is -0.137. The van der Waals surface area contributed by atoms with Gasteiger partial charge in [0.25, 0.3) is 0 Å². The Hall–Kier alpha value is -2.72. The van der Waals surface area contributed by atoms with Gasteiger partial charge in [-0.2, -0.15) is 18.3 Å². The summed E-state index contributed by atoms with van der Waals surface area (Å²) in [6, 6.07) is 6.02. The van der Waals surface area contributed by atoms with Gasteiger partial charge in [-0.25, -0.2) is 4.98 Å². The lowest BCUT2D eigenvalue weighted by Gasteiger charge is -2.35. The van der Waals surface area contributed by atoms with E-state index in [9.17, 15) is 23.1 Å². The minimum atomic E-state index is -4.51. The fraction of sp³-hybridized carbons (Fsp3) is 0.316. The number of rotatable bonds is 4. The molecule has 2 aromatic heterocycles. The molecule has 0 saturated carbocycles. The first-order valence-corrected chi connectivity index (χ1v) is 9.74. The number of hydrogen-bond donors (Lipinski definition) is 1. The predicted molar refractivity (Wildman–Crippen MR) is 101 cm³/mol. The minimum absolute atomic E-state index is 0.0348. The second-order valence-electron chi connectivity index (χ2n) is 6.77. The van der Waals surface area contributed by atoms with Gasteiger partial charge in [-0.1, -0.05) is 23.5 Å². The van der Waals surface area contributed by atoms with Crippen molar-refractivity contribution in [1.82, 2.24) is 14.8 Å². The van der Waals surface area contributed by atoms with Crippen LogP contribution in [0.2, 0.25) is 0 Å². The first-order chi connectivity index (χ1) is 13.8. The molecular weight excluding hydrogens is 405 g/mol. The molecule has 1 aliphatic heterocycles. The van der Waals surface area contributed by atoms with Crippen LogP contribution in [0.1, 0.15) is 33.3 Å². The Labute approximate surface area is 168 Å². The maximum Gasteiger partial charge on any atom is 0.416 e. The second kappa shape index (κ2) is 7.60. The number of halogens is 3. The van der Waals surface area contributed by atoms with Crippen molar-refractivity contribution in [1.29, 1.82) is 0 Å². The van der Waals surface area contributed by atoms with E-state index in [-0.39, 0.29) is 16.5 Å². The SMILES string of the molecule is O=C(c1cccc(C(F)(F)F)c1)c1cnc(N2CCC(n3cccn3)C(O)C2)s1. The largest absolute Gasteiger partial charge is 0.416 e. The van der Waals surface area contributed by atoms with E-state index in [4.69, 9.17) is 0 Å². The van der Waals surface area contributed by atoms with Gasteiger partial charge < -0.3 is 10.0 Å². The van der Waals surface area contributed by atoms with Crippen molar-refractivity contribution in [3.63, 3.8) is 0 Å². The van der Waals surface area contributed by atoms with Gasteiger partial charge in [0.15, 0.2) is 5.13 Å². The van der Waals surface area contributed by atoms with Gasteiger partial charge in [0.1, 0.15) is 0 Å². The van der Waals surface area contributed by atoms with Crippen LogP contribution in [0.5, 0.6) is 0 Å². The molecule has 1 aromatic carbocycles. The Morgan fingerprint density at radius 1 is 1.28 bits per heavy atom. The number of aromatic nitrogens is 3. The lowest BCUT2D eigenvalue weighted by Crippen LogP contribution is -2.44. The normalized spacial score (nSPS) is 20.1. The van der Waals surface area contributed by atoms with Crippen molar-refractivity contribution in [2.45, 2.75) is 24.7 Å². The smallest absolute Gasteiger partial charge is 0.389 e. The van der Waals surface area contributed by atoms with Gasteiger partial charge in [0.2, 0.25) is 5.78 Å². The maximum absolute atomic E-state index is 12.9. The van der Waals surface area contributed by atoms with Gasteiger partial charge in [0.05, 0.1) is 28.8 Å². The monoisotopic (exact) mass is 422 g/mol. The summed E-state index contributed by atoms with van der Waals surface area (Å²) in [5, 5.41) is 15.2. The number of carbonyl (C=O) groups is 1. The number of carbonyl (C=O) groups excluding carboxylic acids is 1. The lowest BCUT2D eigenvalue weighted by atomic mass is 10.0. The highest BCUT2D eigenvalue weighted by Crippen LogP contribution is 2.32. The fourth-order valence-electron chi connectivity index (χ4n) is 3.37. The van der Waals surface area contributed by atoms with Crippen molar-refractivity contribution < 1.29 is 23.1 Å². The van der Waals surface area contributed by atoms with Gasteiger partial charge in [-0.05, 0) is 24.6 Å². The third-order valence-corrected chi connectivity index (χ3v) is 5.91. The molecule has 10 heteroatoms. The molecule has 6 nitrogen and oxygen atoms in total. The Morgan fingerprint density at radius 2 is 2.10 bits per heavy atom. The zero-order chi connectivity index (χ0) is 20.6. The van der Waals surface area contributed by atoms with E-state index in [0.717, 1.165) is 23.5 Å². The van der Waals surface area contributed by atoms with Crippen LogP contribution in [0.15, 0.2) is 48.9 Å². The van der Waals surface area contributed by atoms with E-state index < -0.39 is 23.6 Å². The van der Waals surface area contributed by atoms with Crippen LogP contribution in [-0.2, 0) is 6.18 Å². The summed E-state index contributed by atoms with van der Waals surface area (Å²) in [6.07, 6.45) is 0.317. The summed E-state index contributed by atoms with van der Waals surface area (Å²) in [7, 11) is 0. The standard InChI is InChI=1S/C19H17F3N4O2S/c20-19(21,22)13-4-1-3-12(9-13)17(28)16-10-23-18(29-16)25-8-5-14(15(27)11-25)26-7-2-6-24-26/h1-4,6-7,9-10,14-15,27H,5,8,11H2. The molecule has 3 aromatic rings. The maximum atomic E-state index is 12.9. The molecule has 152 valence electrons. The molecular formula is C19H17F3N4O2S. The van der Waals surface area contributed by atoms with Crippen LogP contribution >= 0.6 is 11.3 Å². The van der Waals surface area contributed by atoms with E-state index in [2.05, 4.69) is 10.1 Å². The summed E-state index contributed by atoms with van der Waals surface area (Å²) in [4.78, 5) is 19.0. The number of thiazole rings is 1. The minimum Gasteiger partial charge on any atom is -0.389 e. The van der Waals surface area contributed by atoms with Crippen LogP contribution in [0.25, 0.3) is 0 Å². The molecule has 2 atom stereocenters. The number of benzene rings is 1.